The molecule has 0 radical (unpaired) electrons. The zero-order chi connectivity index (χ0) is 19.4. The van der Waals surface area contributed by atoms with E-state index in [9.17, 15) is 8.42 Å². The second kappa shape index (κ2) is 8.01. The number of likely N-dealkylation sites (N-methyl/N-ethyl adjacent to an activating group) is 1. The van der Waals surface area contributed by atoms with Crippen LogP contribution < -0.4 is 19.1 Å². The van der Waals surface area contributed by atoms with Crippen molar-refractivity contribution in [2.24, 2.45) is 0 Å². The van der Waals surface area contributed by atoms with Gasteiger partial charge in [0.2, 0.25) is 0 Å². The van der Waals surface area contributed by atoms with Crippen molar-refractivity contribution in [3.8, 4) is 11.5 Å². The summed E-state index contributed by atoms with van der Waals surface area (Å²) in [6.45, 7) is 3.75. The average molecular weight is 392 g/mol. The number of methoxy groups -OCH3 is 2. The lowest BCUT2D eigenvalue weighted by Crippen LogP contribution is -2.44. The van der Waals surface area contributed by atoms with Crippen molar-refractivity contribution in [2.45, 2.75) is 4.90 Å². The fourth-order valence-electron chi connectivity index (χ4n) is 2.87. The molecule has 0 bridgehead atoms. The van der Waals surface area contributed by atoms with E-state index in [2.05, 4.69) is 26.6 Å². The Hall–Kier alpha value is -2.52. The van der Waals surface area contributed by atoms with E-state index in [0.717, 1.165) is 32.0 Å². The molecule has 146 valence electrons. The number of piperazine rings is 1. The molecule has 0 saturated carbocycles. The van der Waals surface area contributed by atoms with Gasteiger partial charge in [-0.15, -0.1) is 0 Å². The summed E-state index contributed by atoms with van der Waals surface area (Å²) in [5.74, 6) is 1.51. The van der Waals surface area contributed by atoms with E-state index < -0.39 is 10.0 Å². The molecule has 0 aliphatic carbocycles. The van der Waals surface area contributed by atoms with E-state index in [1.807, 2.05) is 6.07 Å². The minimum atomic E-state index is -3.85. The lowest BCUT2D eigenvalue weighted by Gasteiger charge is -2.33. The highest BCUT2D eigenvalue weighted by molar-refractivity contribution is 7.92. The largest absolute Gasteiger partial charge is 0.497 e. The SMILES string of the molecule is COc1ccc(OC)c(S(=O)(=O)Nc2ccc(N3CCN(C)CC3)nc2)c1. The van der Waals surface area contributed by atoms with E-state index in [1.165, 1.54) is 26.5 Å². The van der Waals surface area contributed by atoms with E-state index in [-0.39, 0.29) is 10.6 Å². The molecule has 27 heavy (non-hydrogen) atoms. The van der Waals surface area contributed by atoms with Gasteiger partial charge in [0, 0.05) is 32.2 Å². The normalized spacial score (nSPS) is 15.4. The topological polar surface area (TPSA) is 84.0 Å². The van der Waals surface area contributed by atoms with Gasteiger partial charge < -0.3 is 19.3 Å². The summed E-state index contributed by atoms with van der Waals surface area (Å²) in [7, 11) is 1.15. The Morgan fingerprint density at radius 2 is 1.78 bits per heavy atom. The molecule has 1 aromatic carbocycles. The van der Waals surface area contributed by atoms with Crippen LogP contribution in [0.15, 0.2) is 41.4 Å². The zero-order valence-corrected chi connectivity index (χ0v) is 16.5. The van der Waals surface area contributed by atoms with Crippen molar-refractivity contribution >= 4 is 21.5 Å². The predicted molar refractivity (Wildman–Crippen MR) is 104 cm³/mol. The number of nitrogens with one attached hydrogen (secondary N) is 1. The predicted octanol–water partition coefficient (Wildman–Crippen LogP) is 1.65. The molecule has 1 saturated heterocycles. The van der Waals surface area contributed by atoms with Gasteiger partial charge in [0.25, 0.3) is 10.0 Å². The van der Waals surface area contributed by atoms with Crippen LogP contribution in [0, 0.1) is 0 Å². The molecule has 8 nitrogen and oxygen atoms in total. The Morgan fingerprint density at radius 3 is 2.37 bits per heavy atom. The smallest absolute Gasteiger partial charge is 0.265 e. The van der Waals surface area contributed by atoms with Crippen molar-refractivity contribution in [1.82, 2.24) is 9.88 Å². The number of ether oxygens (including phenoxy) is 2. The molecule has 0 amide bonds. The van der Waals surface area contributed by atoms with Gasteiger partial charge in [-0.1, -0.05) is 0 Å². The van der Waals surface area contributed by atoms with Crippen LogP contribution in [0.4, 0.5) is 11.5 Å². The molecular formula is C18H24N4O4S. The summed E-state index contributed by atoms with van der Waals surface area (Å²) >= 11 is 0. The first-order valence-electron chi connectivity index (χ1n) is 8.57. The minimum Gasteiger partial charge on any atom is -0.497 e. The Bertz CT molecular complexity index is 879. The molecule has 1 aliphatic heterocycles. The molecular weight excluding hydrogens is 368 g/mol. The molecule has 0 atom stereocenters. The first kappa shape index (κ1) is 19.2. The Labute approximate surface area is 159 Å². The Morgan fingerprint density at radius 1 is 1.04 bits per heavy atom. The lowest BCUT2D eigenvalue weighted by molar-refractivity contribution is 0.312. The fourth-order valence-corrected chi connectivity index (χ4v) is 4.10. The minimum absolute atomic E-state index is 0.00694. The zero-order valence-electron chi connectivity index (χ0n) is 15.7. The molecule has 1 aliphatic rings. The molecule has 3 rings (SSSR count). The highest BCUT2D eigenvalue weighted by Gasteiger charge is 2.21. The number of rotatable bonds is 6. The van der Waals surface area contributed by atoms with Gasteiger partial charge in [0.05, 0.1) is 26.1 Å². The van der Waals surface area contributed by atoms with Crippen molar-refractivity contribution in [2.75, 3.05) is 57.1 Å². The van der Waals surface area contributed by atoms with E-state index in [4.69, 9.17) is 9.47 Å². The number of nitrogens with zero attached hydrogens (tertiary/aromatic N) is 3. The van der Waals surface area contributed by atoms with E-state index >= 15 is 0 Å². The summed E-state index contributed by atoms with van der Waals surface area (Å²) in [6, 6.07) is 8.16. The standard InChI is InChI=1S/C18H24N4O4S/c1-21-8-10-22(11-9-21)18-7-4-14(13-19-18)20-27(23,24)17-12-15(25-2)5-6-16(17)26-3/h4-7,12-13,20H,8-11H2,1-3H3. The second-order valence-corrected chi connectivity index (χ2v) is 7.97. The second-order valence-electron chi connectivity index (χ2n) is 6.32. The highest BCUT2D eigenvalue weighted by Crippen LogP contribution is 2.29. The van der Waals surface area contributed by atoms with Gasteiger partial charge in [0.15, 0.2) is 0 Å². The summed E-state index contributed by atoms with van der Waals surface area (Å²) in [4.78, 5) is 8.86. The number of pyridine rings is 1. The maximum Gasteiger partial charge on any atom is 0.265 e. The summed E-state index contributed by atoms with van der Waals surface area (Å²) < 4.78 is 38.4. The lowest BCUT2D eigenvalue weighted by atomic mass is 10.3. The molecule has 1 aromatic heterocycles. The van der Waals surface area contributed by atoms with Gasteiger partial charge in [-0.3, -0.25) is 4.72 Å². The summed E-state index contributed by atoms with van der Waals surface area (Å²) in [6.07, 6.45) is 1.53. The summed E-state index contributed by atoms with van der Waals surface area (Å²) in [5, 5.41) is 0. The maximum atomic E-state index is 12.8. The first-order valence-corrected chi connectivity index (χ1v) is 10.1. The van der Waals surface area contributed by atoms with Crippen LogP contribution in [-0.2, 0) is 10.0 Å². The molecule has 2 aromatic rings. The van der Waals surface area contributed by atoms with Crippen LogP contribution in [-0.4, -0.2) is 65.7 Å². The maximum absolute atomic E-state index is 12.8. The van der Waals surface area contributed by atoms with Crippen LogP contribution in [0.3, 0.4) is 0 Å². The molecule has 9 heteroatoms. The highest BCUT2D eigenvalue weighted by atomic mass is 32.2. The molecule has 2 heterocycles. The van der Waals surface area contributed by atoms with Crippen LogP contribution in [0.2, 0.25) is 0 Å². The van der Waals surface area contributed by atoms with Gasteiger partial charge in [-0.2, -0.15) is 0 Å². The van der Waals surface area contributed by atoms with Gasteiger partial charge in [0.1, 0.15) is 22.2 Å². The van der Waals surface area contributed by atoms with Gasteiger partial charge in [-0.05, 0) is 31.3 Å². The monoisotopic (exact) mass is 392 g/mol. The molecule has 1 N–H and O–H groups in total. The quantitative estimate of drug-likeness (QED) is 0.800. The third-order valence-corrected chi connectivity index (χ3v) is 5.89. The fraction of sp³-hybridized carbons (Fsp3) is 0.389. The third-order valence-electron chi connectivity index (χ3n) is 4.49. The van der Waals surface area contributed by atoms with E-state index in [1.54, 1.807) is 18.2 Å². The average Bonchev–Trinajstić information content (AvgIpc) is 2.68. The van der Waals surface area contributed by atoms with Crippen LogP contribution >= 0.6 is 0 Å². The third kappa shape index (κ3) is 4.42. The number of benzene rings is 1. The van der Waals surface area contributed by atoms with Crippen LogP contribution in [0.5, 0.6) is 11.5 Å². The number of sulfonamides is 1. The number of anilines is 2. The number of aromatic nitrogens is 1. The Balaban J connectivity index is 1.78. The van der Waals surface area contributed by atoms with Crippen molar-refractivity contribution in [3.63, 3.8) is 0 Å². The number of hydrogen-bond donors (Lipinski definition) is 1. The van der Waals surface area contributed by atoms with Crippen LogP contribution in [0.1, 0.15) is 0 Å². The summed E-state index contributed by atoms with van der Waals surface area (Å²) in [5.41, 5.74) is 0.387. The van der Waals surface area contributed by atoms with Crippen molar-refractivity contribution in [1.29, 1.82) is 0 Å². The van der Waals surface area contributed by atoms with Crippen molar-refractivity contribution < 1.29 is 17.9 Å². The van der Waals surface area contributed by atoms with Gasteiger partial charge in [-0.25, -0.2) is 13.4 Å². The van der Waals surface area contributed by atoms with Gasteiger partial charge >= 0.3 is 0 Å². The molecule has 0 unspecified atom stereocenters. The molecule has 0 spiro atoms. The molecule has 1 fully saturated rings. The Kier molecular flexibility index (Phi) is 5.71. The van der Waals surface area contributed by atoms with E-state index in [0.29, 0.717) is 11.4 Å². The van der Waals surface area contributed by atoms with Crippen molar-refractivity contribution in [3.05, 3.63) is 36.5 Å². The van der Waals surface area contributed by atoms with Crippen LogP contribution in [0.25, 0.3) is 0 Å². The number of hydrogen-bond acceptors (Lipinski definition) is 7. The first-order chi connectivity index (χ1) is 12.9.